The smallest absolute Gasteiger partial charge is 0.228 e. The molecule has 4 nitrogen and oxygen atoms in total. The van der Waals surface area contributed by atoms with Gasteiger partial charge in [-0.1, -0.05) is 6.92 Å². The molecule has 18 heavy (non-hydrogen) atoms. The summed E-state index contributed by atoms with van der Waals surface area (Å²) in [5.74, 6) is 0.976. The Labute approximate surface area is 116 Å². The van der Waals surface area contributed by atoms with Crippen molar-refractivity contribution in [1.82, 2.24) is 10.6 Å². The van der Waals surface area contributed by atoms with Crippen molar-refractivity contribution in [2.24, 2.45) is 11.3 Å². The molecule has 1 aliphatic heterocycles. The number of amides is 1. The molecule has 2 N–H and O–H groups in total. The van der Waals surface area contributed by atoms with Crippen molar-refractivity contribution in [2.45, 2.75) is 38.6 Å². The topological polar surface area (TPSA) is 50.4 Å². The van der Waals surface area contributed by atoms with Crippen LogP contribution in [0.4, 0.5) is 0 Å². The van der Waals surface area contributed by atoms with E-state index >= 15 is 0 Å². The lowest BCUT2D eigenvalue weighted by Crippen LogP contribution is -2.54. The molecule has 1 saturated carbocycles. The Bertz CT molecular complexity index is 269. The average Bonchev–Trinajstić information content (AvgIpc) is 2.28. The van der Waals surface area contributed by atoms with Gasteiger partial charge in [-0.25, -0.2) is 0 Å². The minimum absolute atomic E-state index is 0. The zero-order valence-electron chi connectivity index (χ0n) is 11.3. The number of rotatable bonds is 4. The van der Waals surface area contributed by atoms with Gasteiger partial charge in [0.1, 0.15) is 0 Å². The molecule has 106 valence electrons. The van der Waals surface area contributed by atoms with Crippen LogP contribution in [0.1, 0.15) is 32.6 Å². The second kappa shape index (κ2) is 6.73. The van der Waals surface area contributed by atoms with E-state index in [1.165, 1.54) is 0 Å². The predicted molar refractivity (Wildman–Crippen MR) is 74.0 cm³/mol. The molecule has 1 amide bonds. The predicted octanol–water partition coefficient (Wildman–Crippen LogP) is 1.34. The van der Waals surface area contributed by atoms with Crippen molar-refractivity contribution < 1.29 is 9.53 Å². The summed E-state index contributed by atoms with van der Waals surface area (Å²) >= 11 is 0. The molecular formula is C13H25ClN2O2. The van der Waals surface area contributed by atoms with Crippen LogP contribution < -0.4 is 10.6 Å². The Morgan fingerprint density at radius 3 is 2.50 bits per heavy atom. The quantitative estimate of drug-likeness (QED) is 0.815. The third kappa shape index (κ3) is 3.37. The Morgan fingerprint density at radius 2 is 2.00 bits per heavy atom. The first-order valence-corrected chi connectivity index (χ1v) is 6.67. The lowest BCUT2D eigenvalue weighted by molar-refractivity contribution is -0.137. The maximum absolute atomic E-state index is 12.4. The molecular weight excluding hydrogens is 252 g/mol. The lowest BCUT2D eigenvalue weighted by Gasteiger charge is -2.40. The summed E-state index contributed by atoms with van der Waals surface area (Å²) in [5, 5.41) is 6.50. The van der Waals surface area contributed by atoms with Gasteiger partial charge in [0.15, 0.2) is 0 Å². The van der Waals surface area contributed by atoms with Crippen molar-refractivity contribution in [3.8, 4) is 0 Å². The minimum Gasteiger partial charge on any atom is -0.384 e. The molecule has 0 unspecified atom stereocenters. The number of methoxy groups -OCH3 is 1. The van der Waals surface area contributed by atoms with Gasteiger partial charge in [0.25, 0.3) is 0 Å². The maximum Gasteiger partial charge on any atom is 0.228 e. The zero-order chi connectivity index (χ0) is 12.3. The molecule has 0 radical (unpaired) electrons. The molecule has 1 aliphatic carbocycles. The molecule has 2 fully saturated rings. The monoisotopic (exact) mass is 276 g/mol. The van der Waals surface area contributed by atoms with E-state index in [0.717, 1.165) is 44.7 Å². The molecule has 1 saturated heterocycles. The van der Waals surface area contributed by atoms with Crippen LogP contribution in [-0.2, 0) is 9.53 Å². The number of nitrogens with one attached hydrogen (secondary N) is 2. The summed E-state index contributed by atoms with van der Waals surface area (Å²) in [6, 6.07) is 0.404. The number of carbonyl (C=O) groups excluding carboxylic acids is 1. The highest BCUT2D eigenvalue weighted by atomic mass is 35.5. The van der Waals surface area contributed by atoms with Crippen LogP contribution in [0, 0.1) is 11.3 Å². The van der Waals surface area contributed by atoms with E-state index in [9.17, 15) is 4.79 Å². The van der Waals surface area contributed by atoms with Gasteiger partial charge in [-0.05, 0) is 44.7 Å². The molecule has 2 rings (SSSR count). The third-order valence-electron chi connectivity index (χ3n) is 4.17. The summed E-state index contributed by atoms with van der Waals surface area (Å²) in [4.78, 5) is 12.4. The van der Waals surface area contributed by atoms with Crippen LogP contribution in [-0.4, -0.2) is 38.8 Å². The Balaban J connectivity index is 0.00000162. The second-order valence-corrected chi connectivity index (χ2v) is 5.71. The van der Waals surface area contributed by atoms with Gasteiger partial charge in [0, 0.05) is 13.2 Å². The Kier molecular flexibility index (Phi) is 5.89. The van der Waals surface area contributed by atoms with Crippen LogP contribution in [0.5, 0.6) is 0 Å². The molecule has 1 heterocycles. The largest absolute Gasteiger partial charge is 0.384 e. The van der Waals surface area contributed by atoms with Crippen LogP contribution in [0.2, 0.25) is 0 Å². The molecule has 0 aromatic heterocycles. The van der Waals surface area contributed by atoms with Crippen molar-refractivity contribution >= 4 is 18.3 Å². The van der Waals surface area contributed by atoms with E-state index in [1.807, 2.05) is 0 Å². The highest BCUT2D eigenvalue weighted by Crippen LogP contribution is 2.32. The molecule has 0 spiro atoms. The van der Waals surface area contributed by atoms with E-state index < -0.39 is 0 Å². The summed E-state index contributed by atoms with van der Waals surface area (Å²) in [6.07, 6.45) is 4.03. The first kappa shape index (κ1) is 15.7. The zero-order valence-corrected chi connectivity index (χ0v) is 12.1. The molecule has 5 heteroatoms. The van der Waals surface area contributed by atoms with Crippen LogP contribution in [0.25, 0.3) is 0 Å². The van der Waals surface area contributed by atoms with E-state index in [1.54, 1.807) is 7.11 Å². The molecule has 0 aromatic rings. The van der Waals surface area contributed by atoms with E-state index in [0.29, 0.717) is 12.6 Å². The van der Waals surface area contributed by atoms with Gasteiger partial charge in [0.2, 0.25) is 5.91 Å². The van der Waals surface area contributed by atoms with E-state index in [-0.39, 0.29) is 23.7 Å². The number of hydrogen-bond donors (Lipinski definition) is 2. The molecule has 2 aliphatic rings. The van der Waals surface area contributed by atoms with Gasteiger partial charge >= 0.3 is 0 Å². The average molecular weight is 277 g/mol. The maximum atomic E-state index is 12.4. The fourth-order valence-corrected chi connectivity index (χ4v) is 2.98. The third-order valence-corrected chi connectivity index (χ3v) is 4.17. The van der Waals surface area contributed by atoms with Crippen LogP contribution in [0.15, 0.2) is 0 Å². The summed E-state index contributed by atoms with van der Waals surface area (Å²) in [7, 11) is 1.68. The van der Waals surface area contributed by atoms with Crippen LogP contribution in [0.3, 0.4) is 0 Å². The summed E-state index contributed by atoms with van der Waals surface area (Å²) in [5.41, 5.74) is -0.293. The van der Waals surface area contributed by atoms with Gasteiger partial charge in [0.05, 0.1) is 12.0 Å². The van der Waals surface area contributed by atoms with Crippen molar-refractivity contribution in [3.05, 3.63) is 0 Å². The number of hydrogen-bond acceptors (Lipinski definition) is 3. The van der Waals surface area contributed by atoms with Gasteiger partial charge in [-0.3, -0.25) is 4.79 Å². The first-order chi connectivity index (χ1) is 8.16. The fourth-order valence-electron chi connectivity index (χ4n) is 2.98. The Hall–Kier alpha value is -0.320. The van der Waals surface area contributed by atoms with Crippen molar-refractivity contribution in [1.29, 1.82) is 0 Å². The number of halogens is 1. The van der Waals surface area contributed by atoms with Crippen molar-refractivity contribution in [3.63, 3.8) is 0 Å². The highest BCUT2D eigenvalue weighted by molar-refractivity contribution is 5.85. The highest BCUT2D eigenvalue weighted by Gasteiger charge is 2.41. The number of carbonyl (C=O) groups is 1. The lowest BCUT2D eigenvalue weighted by atomic mass is 9.76. The standard InChI is InChI=1S/C13H24N2O2.ClH/c1-10-7-11(8-10)15-12(16)13(9-17-2)3-5-14-6-4-13;/h10-11,14H,3-9H2,1-2H3,(H,15,16);1H. The molecule has 0 aromatic carbocycles. The summed E-state index contributed by atoms with van der Waals surface area (Å²) in [6.45, 7) is 4.61. The molecule has 0 bridgehead atoms. The van der Waals surface area contributed by atoms with Gasteiger partial charge < -0.3 is 15.4 Å². The SMILES string of the molecule is COCC1(C(=O)NC2CC(C)C2)CCNCC1.Cl. The second-order valence-electron chi connectivity index (χ2n) is 5.71. The van der Waals surface area contributed by atoms with Gasteiger partial charge in [-0.15, -0.1) is 12.4 Å². The normalized spacial score (nSPS) is 29.9. The number of ether oxygens (including phenoxy) is 1. The van der Waals surface area contributed by atoms with Crippen LogP contribution >= 0.6 is 12.4 Å². The first-order valence-electron chi connectivity index (χ1n) is 6.67. The van der Waals surface area contributed by atoms with E-state index in [2.05, 4.69) is 17.6 Å². The minimum atomic E-state index is -0.293. The summed E-state index contributed by atoms with van der Waals surface area (Å²) < 4.78 is 5.27. The van der Waals surface area contributed by atoms with E-state index in [4.69, 9.17) is 4.74 Å². The van der Waals surface area contributed by atoms with Gasteiger partial charge in [-0.2, -0.15) is 0 Å². The Morgan fingerprint density at radius 1 is 1.39 bits per heavy atom. The number of piperidine rings is 1. The fraction of sp³-hybridized carbons (Fsp3) is 0.923. The van der Waals surface area contributed by atoms with Crippen molar-refractivity contribution in [2.75, 3.05) is 26.8 Å². The molecule has 0 atom stereocenters.